The van der Waals surface area contributed by atoms with Crippen molar-refractivity contribution in [3.8, 4) is 5.75 Å². The number of ether oxygens (including phenoxy) is 2. The lowest BCUT2D eigenvalue weighted by atomic mass is 10.2. The van der Waals surface area contributed by atoms with Crippen LogP contribution in [0.25, 0.3) is 0 Å². The summed E-state index contributed by atoms with van der Waals surface area (Å²) in [5.74, 6) is 0.692. The minimum atomic E-state index is 0.335. The molecule has 0 radical (unpaired) electrons. The molecule has 2 aromatic carbocycles. The number of rotatable bonds is 7. The Morgan fingerprint density at radius 3 is 2.48 bits per heavy atom. The molecule has 0 aliphatic heterocycles. The Kier molecular flexibility index (Phi) is 6.17. The van der Waals surface area contributed by atoms with Gasteiger partial charge in [-0.3, -0.25) is 0 Å². The molecule has 0 aliphatic rings. The zero-order valence-electron chi connectivity index (χ0n) is 11.4. The average molecular weight is 366 g/mol. The molecule has 0 heterocycles. The molecular formula is C16H16BrNO2S. The first-order valence-electron chi connectivity index (χ1n) is 6.50. The van der Waals surface area contributed by atoms with E-state index in [2.05, 4.69) is 15.9 Å². The van der Waals surface area contributed by atoms with Gasteiger partial charge in [0.2, 0.25) is 0 Å². The quantitative estimate of drug-likeness (QED) is 0.600. The first-order valence-corrected chi connectivity index (χ1v) is 7.71. The Morgan fingerprint density at radius 1 is 1.05 bits per heavy atom. The summed E-state index contributed by atoms with van der Waals surface area (Å²) in [7, 11) is 0. The van der Waals surface area contributed by atoms with Gasteiger partial charge in [-0.1, -0.05) is 52.4 Å². The lowest BCUT2D eigenvalue weighted by molar-refractivity contribution is 0.0889. The molecule has 2 rings (SSSR count). The predicted molar refractivity (Wildman–Crippen MR) is 91.6 cm³/mol. The Morgan fingerprint density at radius 2 is 1.76 bits per heavy atom. The molecule has 2 aromatic rings. The standard InChI is InChI=1S/C16H16BrNO2S/c17-13-7-5-12(6-8-13)11-19-9-10-20-15-4-2-1-3-14(15)16(18)21/h1-8H,9-11H2,(H2,18,21). The Hall–Kier alpha value is -1.43. The van der Waals surface area contributed by atoms with Gasteiger partial charge in [0.25, 0.3) is 0 Å². The molecule has 5 heteroatoms. The van der Waals surface area contributed by atoms with Gasteiger partial charge in [0.1, 0.15) is 17.3 Å². The van der Waals surface area contributed by atoms with Crippen LogP contribution in [0, 0.1) is 0 Å². The van der Waals surface area contributed by atoms with Crippen LogP contribution >= 0.6 is 28.1 Å². The van der Waals surface area contributed by atoms with Crippen molar-refractivity contribution in [2.24, 2.45) is 5.73 Å². The Labute approximate surface area is 138 Å². The van der Waals surface area contributed by atoms with Crippen molar-refractivity contribution in [1.29, 1.82) is 0 Å². The van der Waals surface area contributed by atoms with Gasteiger partial charge < -0.3 is 15.2 Å². The number of thiocarbonyl (C=S) groups is 1. The van der Waals surface area contributed by atoms with E-state index in [4.69, 9.17) is 27.4 Å². The van der Waals surface area contributed by atoms with Crippen LogP contribution < -0.4 is 10.5 Å². The summed E-state index contributed by atoms with van der Waals surface area (Å²) < 4.78 is 12.3. The highest BCUT2D eigenvalue weighted by Crippen LogP contribution is 2.17. The predicted octanol–water partition coefficient (Wildman–Crippen LogP) is 3.68. The first-order chi connectivity index (χ1) is 10.2. The maximum absolute atomic E-state index is 5.66. The van der Waals surface area contributed by atoms with Gasteiger partial charge in [0, 0.05) is 4.47 Å². The number of hydrogen-bond acceptors (Lipinski definition) is 3. The lowest BCUT2D eigenvalue weighted by Gasteiger charge is -2.10. The Balaban J connectivity index is 1.75. The van der Waals surface area contributed by atoms with Crippen molar-refractivity contribution in [3.63, 3.8) is 0 Å². The molecule has 110 valence electrons. The normalized spacial score (nSPS) is 10.3. The maximum Gasteiger partial charge on any atom is 0.129 e. The average Bonchev–Trinajstić information content (AvgIpc) is 2.49. The van der Waals surface area contributed by atoms with Crippen LogP contribution in [-0.2, 0) is 11.3 Å². The summed E-state index contributed by atoms with van der Waals surface area (Å²) in [6, 6.07) is 15.5. The summed E-state index contributed by atoms with van der Waals surface area (Å²) in [5.41, 5.74) is 7.53. The van der Waals surface area contributed by atoms with Crippen molar-refractivity contribution < 1.29 is 9.47 Å². The molecule has 0 unspecified atom stereocenters. The highest BCUT2D eigenvalue weighted by molar-refractivity contribution is 9.10. The van der Waals surface area contributed by atoms with Crippen LogP contribution in [0.1, 0.15) is 11.1 Å². The smallest absolute Gasteiger partial charge is 0.129 e. The molecule has 0 atom stereocenters. The third kappa shape index (κ3) is 5.12. The molecule has 0 fully saturated rings. The summed E-state index contributed by atoms with van der Waals surface area (Å²) >= 11 is 8.39. The zero-order valence-corrected chi connectivity index (χ0v) is 13.8. The monoisotopic (exact) mass is 365 g/mol. The van der Waals surface area contributed by atoms with Gasteiger partial charge in [0.05, 0.1) is 18.8 Å². The molecule has 0 spiro atoms. The third-order valence-corrected chi connectivity index (χ3v) is 3.57. The molecule has 0 amide bonds. The number of hydrogen-bond donors (Lipinski definition) is 1. The van der Waals surface area contributed by atoms with E-state index in [0.717, 1.165) is 15.6 Å². The number of benzene rings is 2. The number of nitrogens with two attached hydrogens (primary N) is 1. The van der Waals surface area contributed by atoms with Gasteiger partial charge in [-0.25, -0.2) is 0 Å². The molecule has 0 saturated heterocycles. The van der Waals surface area contributed by atoms with Crippen molar-refractivity contribution >= 4 is 33.1 Å². The highest BCUT2D eigenvalue weighted by Gasteiger charge is 2.04. The van der Waals surface area contributed by atoms with Gasteiger partial charge in [-0.15, -0.1) is 0 Å². The second kappa shape index (κ2) is 8.12. The fourth-order valence-electron chi connectivity index (χ4n) is 1.78. The van der Waals surface area contributed by atoms with Gasteiger partial charge >= 0.3 is 0 Å². The molecular weight excluding hydrogens is 350 g/mol. The van der Waals surface area contributed by atoms with E-state index in [-0.39, 0.29) is 0 Å². The molecule has 0 bridgehead atoms. The van der Waals surface area contributed by atoms with Gasteiger partial charge in [-0.05, 0) is 29.8 Å². The molecule has 2 N–H and O–H groups in total. The maximum atomic E-state index is 5.66. The van der Waals surface area contributed by atoms with Crippen molar-refractivity contribution in [2.45, 2.75) is 6.61 Å². The molecule has 21 heavy (non-hydrogen) atoms. The van der Waals surface area contributed by atoms with E-state index in [1.54, 1.807) is 0 Å². The lowest BCUT2D eigenvalue weighted by Crippen LogP contribution is -2.13. The van der Waals surface area contributed by atoms with E-state index in [1.807, 2.05) is 48.5 Å². The van der Waals surface area contributed by atoms with E-state index in [0.29, 0.717) is 30.6 Å². The third-order valence-electron chi connectivity index (χ3n) is 2.82. The van der Waals surface area contributed by atoms with Crippen LogP contribution in [0.3, 0.4) is 0 Å². The second-order valence-electron chi connectivity index (χ2n) is 4.39. The zero-order chi connectivity index (χ0) is 15.1. The molecule has 3 nitrogen and oxygen atoms in total. The fourth-order valence-corrected chi connectivity index (χ4v) is 2.21. The highest BCUT2D eigenvalue weighted by atomic mass is 79.9. The topological polar surface area (TPSA) is 44.5 Å². The largest absolute Gasteiger partial charge is 0.490 e. The summed E-state index contributed by atoms with van der Waals surface area (Å²) in [6.45, 7) is 1.52. The van der Waals surface area contributed by atoms with Crippen LogP contribution in [0.4, 0.5) is 0 Å². The van der Waals surface area contributed by atoms with Gasteiger partial charge in [0.15, 0.2) is 0 Å². The Bertz CT molecular complexity index is 601. The van der Waals surface area contributed by atoms with Crippen LogP contribution in [0.15, 0.2) is 53.0 Å². The summed E-state index contributed by atoms with van der Waals surface area (Å²) in [4.78, 5) is 0.335. The van der Waals surface area contributed by atoms with Crippen LogP contribution in [0.2, 0.25) is 0 Å². The van der Waals surface area contributed by atoms with E-state index in [1.165, 1.54) is 0 Å². The van der Waals surface area contributed by atoms with Crippen molar-refractivity contribution in [2.75, 3.05) is 13.2 Å². The fraction of sp³-hybridized carbons (Fsp3) is 0.188. The minimum Gasteiger partial charge on any atom is -0.490 e. The van der Waals surface area contributed by atoms with E-state index < -0.39 is 0 Å². The van der Waals surface area contributed by atoms with Crippen LogP contribution in [-0.4, -0.2) is 18.2 Å². The number of para-hydroxylation sites is 1. The molecule has 0 aliphatic carbocycles. The molecule has 0 aromatic heterocycles. The van der Waals surface area contributed by atoms with E-state index in [9.17, 15) is 0 Å². The second-order valence-corrected chi connectivity index (χ2v) is 5.74. The number of halogens is 1. The first kappa shape index (κ1) is 15.9. The van der Waals surface area contributed by atoms with E-state index >= 15 is 0 Å². The molecule has 0 saturated carbocycles. The van der Waals surface area contributed by atoms with Crippen LogP contribution in [0.5, 0.6) is 5.75 Å². The van der Waals surface area contributed by atoms with Crippen molar-refractivity contribution in [3.05, 3.63) is 64.1 Å². The van der Waals surface area contributed by atoms with Crippen molar-refractivity contribution in [1.82, 2.24) is 0 Å². The summed E-state index contributed by atoms with van der Waals surface area (Å²) in [5, 5.41) is 0. The SMILES string of the molecule is NC(=S)c1ccccc1OCCOCc1ccc(Br)cc1. The van der Waals surface area contributed by atoms with Gasteiger partial charge in [-0.2, -0.15) is 0 Å². The summed E-state index contributed by atoms with van der Waals surface area (Å²) in [6.07, 6.45) is 0. The minimum absolute atomic E-state index is 0.335.